The molecular weight excluding hydrogens is 392 g/mol. The number of carbonyl (C=O) groups excluding carboxylic acids is 1. The molecule has 28 heavy (non-hydrogen) atoms. The first kappa shape index (κ1) is 20.2. The molecule has 3 aromatic rings. The molecule has 1 aromatic heterocycles. The van der Waals surface area contributed by atoms with Gasteiger partial charge in [0, 0.05) is 23.6 Å². The molecule has 1 amide bonds. The van der Waals surface area contributed by atoms with Gasteiger partial charge in [-0.3, -0.25) is 4.79 Å². The predicted octanol–water partition coefficient (Wildman–Crippen LogP) is 4.76. The molecule has 0 atom stereocenters. The van der Waals surface area contributed by atoms with Gasteiger partial charge in [0.05, 0.1) is 30.0 Å². The van der Waals surface area contributed by atoms with E-state index >= 15 is 0 Å². The Bertz CT molecular complexity index is 1080. The Labute approximate surface area is 172 Å². The van der Waals surface area contributed by atoms with Crippen molar-refractivity contribution >= 4 is 39.2 Å². The van der Waals surface area contributed by atoms with Gasteiger partial charge >= 0.3 is 0 Å². The van der Waals surface area contributed by atoms with E-state index in [1.165, 1.54) is 11.3 Å². The minimum Gasteiger partial charge on any atom is -0.493 e. The second kappa shape index (κ2) is 9.12. The molecule has 0 N–H and O–H groups in total. The van der Waals surface area contributed by atoms with Crippen LogP contribution in [0.4, 0.5) is 0 Å². The number of carbonyl (C=O) groups is 1. The number of fused-ring (bicyclic) bond motifs is 1. The Hall–Kier alpha value is -2.51. The number of amides is 1. The van der Waals surface area contributed by atoms with Gasteiger partial charge in [0.1, 0.15) is 0 Å². The summed E-state index contributed by atoms with van der Waals surface area (Å²) in [6.07, 6.45) is 1.78. The third-order valence-corrected chi connectivity index (χ3v) is 6.11. The van der Waals surface area contributed by atoms with Crippen molar-refractivity contribution in [1.29, 1.82) is 0 Å². The Morgan fingerprint density at radius 2 is 1.96 bits per heavy atom. The van der Waals surface area contributed by atoms with Gasteiger partial charge in [0.25, 0.3) is 5.91 Å². The molecule has 0 radical (unpaired) electrons. The van der Waals surface area contributed by atoms with Crippen molar-refractivity contribution in [1.82, 2.24) is 4.57 Å². The highest BCUT2D eigenvalue weighted by Gasteiger charge is 2.14. The standard InChI is InChI=1S/C21H22N2O3S2/c1-5-11-23-15-12-16(25-3)17(26-4)13-19(15)28-21(23)22-20(24)14-9-7-8-10-18(14)27-6-2/h5,7-10,12-13H,1,6,11H2,2-4H3. The second-order valence-electron chi connectivity index (χ2n) is 5.80. The van der Waals surface area contributed by atoms with Crippen LogP contribution in [0, 0.1) is 0 Å². The largest absolute Gasteiger partial charge is 0.493 e. The summed E-state index contributed by atoms with van der Waals surface area (Å²) in [5, 5.41) is 0. The van der Waals surface area contributed by atoms with E-state index in [9.17, 15) is 4.79 Å². The molecule has 7 heteroatoms. The molecule has 0 aliphatic rings. The van der Waals surface area contributed by atoms with E-state index in [1.54, 1.807) is 32.1 Å². The maximum Gasteiger partial charge on any atom is 0.280 e. The summed E-state index contributed by atoms with van der Waals surface area (Å²) in [7, 11) is 3.21. The second-order valence-corrected chi connectivity index (χ2v) is 8.12. The van der Waals surface area contributed by atoms with Crippen LogP contribution in [0.5, 0.6) is 11.5 Å². The summed E-state index contributed by atoms with van der Waals surface area (Å²) in [5.41, 5.74) is 1.54. The topological polar surface area (TPSA) is 52.8 Å². The molecule has 0 spiro atoms. The first-order valence-electron chi connectivity index (χ1n) is 8.80. The molecule has 5 nitrogen and oxygen atoms in total. The van der Waals surface area contributed by atoms with Gasteiger partial charge in [-0.15, -0.1) is 18.3 Å². The van der Waals surface area contributed by atoms with E-state index in [0.717, 1.165) is 20.9 Å². The molecule has 3 rings (SSSR count). The summed E-state index contributed by atoms with van der Waals surface area (Å²) in [5.74, 6) is 1.92. The van der Waals surface area contributed by atoms with Crippen LogP contribution in [-0.2, 0) is 6.54 Å². The zero-order valence-corrected chi connectivity index (χ0v) is 17.7. The lowest BCUT2D eigenvalue weighted by atomic mass is 10.2. The maximum atomic E-state index is 12.9. The zero-order chi connectivity index (χ0) is 20.1. The van der Waals surface area contributed by atoms with Gasteiger partial charge in [-0.05, 0) is 17.9 Å². The summed E-state index contributed by atoms with van der Waals surface area (Å²) in [6, 6.07) is 11.4. The molecule has 0 fully saturated rings. The molecule has 0 saturated carbocycles. The van der Waals surface area contributed by atoms with E-state index in [4.69, 9.17) is 9.47 Å². The van der Waals surface area contributed by atoms with E-state index in [1.807, 2.05) is 41.0 Å². The van der Waals surface area contributed by atoms with Crippen molar-refractivity contribution in [2.45, 2.75) is 18.4 Å². The van der Waals surface area contributed by atoms with Crippen molar-refractivity contribution in [3.05, 3.63) is 59.4 Å². The number of thiazole rings is 1. The minimum absolute atomic E-state index is 0.250. The first-order chi connectivity index (χ1) is 13.6. The molecule has 0 bridgehead atoms. The van der Waals surface area contributed by atoms with Gasteiger partial charge in [-0.1, -0.05) is 36.5 Å². The van der Waals surface area contributed by atoms with Crippen molar-refractivity contribution in [3.8, 4) is 11.5 Å². The van der Waals surface area contributed by atoms with Crippen LogP contribution < -0.4 is 14.3 Å². The Morgan fingerprint density at radius 1 is 1.25 bits per heavy atom. The fourth-order valence-electron chi connectivity index (χ4n) is 2.86. The number of ether oxygens (including phenoxy) is 2. The number of allylic oxidation sites excluding steroid dienone is 1. The first-order valence-corrected chi connectivity index (χ1v) is 10.6. The normalized spacial score (nSPS) is 11.6. The van der Waals surface area contributed by atoms with Crippen LogP contribution >= 0.6 is 23.1 Å². The average Bonchev–Trinajstić information content (AvgIpc) is 3.03. The molecule has 0 saturated heterocycles. The molecular formula is C21H22N2O3S2. The number of rotatable bonds is 7. The number of methoxy groups -OCH3 is 2. The maximum absolute atomic E-state index is 12.9. The lowest BCUT2D eigenvalue weighted by Crippen LogP contribution is -2.16. The highest BCUT2D eigenvalue weighted by atomic mass is 32.2. The zero-order valence-electron chi connectivity index (χ0n) is 16.1. The molecule has 0 aliphatic heterocycles. The molecule has 146 valence electrons. The van der Waals surface area contributed by atoms with Crippen LogP contribution in [-0.4, -0.2) is 30.4 Å². The Kier molecular flexibility index (Phi) is 6.59. The van der Waals surface area contributed by atoms with Crippen molar-refractivity contribution < 1.29 is 14.3 Å². The predicted molar refractivity (Wildman–Crippen MR) is 116 cm³/mol. The van der Waals surface area contributed by atoms with Crippen molar-refractivity contribution in [2.24, 2.45) is 4.99 Å². The third kappa shape index (κ3) is 4.00. The number of aromatic nitrogens is 1. The van der Waals surface area contributed by atoms with Crippen LogP contribution in [0.15, 0.2) is 58.9 Å². The third-order valence-electron chi connectivity index (χ3n) is 4.11. The van der Waals surface area contributed by atoms with Gasteiger partial charge in [0.15, 0.2) is 16.3 Å². The monoisotopic (exact) mass is 414 g/mol. The summed E-state index contributed by atoms with van der Waals surface area (Å²) in [6.45, 7) is 6.43. The highest BCUT2D eigenvalue weighted by molar-refractivity contribution is 7.99. The summed E-state index contributed by atoms with van der Waals surface area (Å²) >= 11 is 3.08. The fourth-order valence-corrected chi connectivity index (χ4v) is 4.70. The number of nitrogens with zero attached hydrogens (tertiary/aromatic N) is 2. The molecule has 0 unspecified atom stereocenters. The van der Waals surface area contributed by atoms with E-state index in [2.05, 4.69) is 18.5 Å². The summed E-state index contributed by atoms with van der Waals surface area (Å²) < 4.78 is 13.7. The number of hydrogen-bond donors (Lipinski definition) is 0. The lowest BCUT2D eigenvalue weighted by molar-refractivity contribution is 0.0995. The van der Waals surface area contributed by atoms with Gasteiger partial charge in [-0.2, -0.15) is 4.99 Å². The fraction of sp³-hybridized carbons (Fsp3) is 0.238. The quantitative estimate of drug-likeness (QED) is 0.413. The van der Waals surface area contributed by atoms with Crippen LogP contribution in [0.3, 0.4) is 0 Å². The van der Waals surface area contributed by atoms with E-state index < -0.39 is 0 Å². The number of benzene rings is 2. The van der Waals surface area contributed by atoms with Crippen molar-refractivity contribution in [2.75, 3.05) is 20.0 Å². The lowest BCUT2D eigenvalue weighted by Gasteiger charge is -2.08. The van der Waals surface area contributed by atoms with Crippen LogP contribution in [0.25, 0.3) is 10.2 Å². The molecule has 1 heterocycles. The van der Waals surface area contributed by atoms with Gasteiger partial charge in [-0.25, -0.2) is 0 Å². The van der Waals surface area contributed by atoms with Crippen LogP contribution in [0.1, 0.15) is 17.3 Å². The summed E-state index contributed by atoms with van der Waals surface area (Å²) in [4.78, 5) is 18.9. The average molecular weight is 415 g/mol. The van der Waals surface area contributed by atoms with E-state index in [-0.39, 0.29) is 5.91 Å². The van der Waals surface area contributed by atoms with Gasteiger partial charge in [0.2, 0.25) is 0 Å². The molecule has 2 aromatic carbocycles. The number of hydrogen-bond acceptors (Lipinski definition) is 5. The van der Waals surface area contributed by atoms with Crippen molar-refractivity contribution in [3.63, 3.8) is 0 Å². The van der Waals surface area contributed by atoms with E-state index in [0.29, 0.717) is 28.4 Å². The number of thioether (sulfide) groups is 1. The highest BCUT2D eigenvalue weighted by Crippen LogP contribution is 2.33. The minimum atomic E-state index is -0.250. The Balaban J connectivity index is 2.17. The SMILES string of the molecule is C=CCn1c(=NC(=O)c2ccccc2SCC)sc2cc(OC)c(OC)cc21. The Morgan fingerprint density at radius 3 is 2.64 bits per heavy atom. The molecule has 0 aliphatic carbocycles. The smallest absolute Gasteiger partial charge is 0.280 e. The van der Waals surface area contributed by atoms with Gasteiger partial charge < -0.3 is 14.0 Å². The van der Waals surface area contributed by atoms with Crippen LogP contribution in [0.2, 0.25) is 0 Å².